The Labute approximate surface area is 127 Å². The first-order valence-corrected chi connectivity index (χ1v) is 8.44. The molecule has 3 heterocycles. The molecule has 5 nitrogen and oxygen atoms in total. The van der Waals surface area contributed by atoms with E-state index in [9.17, 15) is 4.79 Å². The fourth-order valence-corrected chi connectivity index (χ4v) is 3.92. The molecule has 2 N–H and O–H groups in total. The Hall–Kier alpha value is -0.650. The Bertz CT molecular complexity index is 376. The second kappa shape index (κ2) is 6.23. The van der Waals surface area contributed by atoms with Crippen molar-refractivity contribution in [3.63, 3.8) is 0 Å². The van der Waals surface area contributed by atoms with E-state index >= 15 is 0 Å². The summed E-state index contributed by atoms with van der Waals surface area (Å²) < 4.78 is 5.41. The quantitative estimate of drug-likeness (QED) is 0.832. The van der Waals surface area contributed by atoms with Crippen molar-refractivity contribution >= 4 is 5.91 Å². The van der Waals surface area contributed by atoms with Crippen molar-refractivity contribution in [1.29, 1.82) is 0 Å². The molecule has 3 fully saturated rings. The molecule has 0 aromatic carbocycles. The van der Waals surface area contributed by atoms with E-state index < -0.39 is 5.41 Å². The smallest absolute Gasteiger partial charge is 0.232 e. The van der Waals surface area contributed by atoms with E-state index in [1.54, 1.807) is 0 Å². The largest absolute Gasteiger partial charge is 0.379 e. The third-order valence-electron chi connectivity index (χ3n) is 5.62. The van der Waals surface area contributed by atoms with Gasteiger partial charge in [0, 0.05) is 25.7 Å². The summed E-state index contributed by atoms with van der Waals surface area (Å²) in [6.07, 6.45) is 4.98. The summed E-state index contributed by atoms with van der Waals surface area (Å²) in [5.74, 6) is 0.959. The third-order valence-corrected chi connectivity index (χ3v) is 5.62. The van der Waals surface area contributed by atoms with Gasteiger partial charge in [0.05, 0.1) is 18.6 Å². The zero-order valence-electron chi connectivity index (χ0n) is 13.2. The van der Waals surface area contributed by atoms with Crippen molar-refractivity contribution in [3.05, 3.63) is 0 Å². The molecular formula is C16H29N3O2. The highest BCUT2D eigenvalue weighted by molar-refractivity contribution is 5.83. The molecule has 21 heavy (non-hydrogen) atoms. The summed E-state index contributed by atoms with van der Waals surface area (Å²) in [5.41, 5.74) is 5.57. The van der Waals surface area contributed by atoms with Gasteiger partial charge in [-0.2, -0.15) is 0 Å². The normalized spacial score (nSPS) is 35.5. The fraction of sp³-hybridized carbons (Fsp3) is 0.938. The van der Waals surface area contributed by atoms with Gasteiger partial charge < -0.3 is 20.3 Å². The topological polar surface area (TPSA) is 58.8 Å². The summed E-state index contributed by atoms with van der Waals surface area (Å²) in [7, 11) is 0. The lowest BCUT2D eigenvalue weighted by atomic mass is 9.83. The van der Waals surface area contributed by atoms with Crippen LogP contribution in [-0.4, -0.2) is 67.7 Å². The van der Waals surface area contributed by atoms with Crippen molar-refractivity contribution < 1.29 is 9.53 Å². The van der Waals surface area contributed by atoms with E-state index in [-0.39, 0.29) is 11.9 Å². The van der Waals surface area contributed by atoms with E-state index in [1.807, 2.05) is 11.8 Å². The van der Waals surface area contributed by atoms with E-state index in [4.69, 9.17) is 10.5 Å². The number of nitrogens with zero attached hydrogens (tertiary/aromatic N) is 2. The van der Waals surface area contributed by atoms with Crippen LogP contribution >= 0.6 is 0 Å². The second-order valence-electron chi connectivity index (χ2n) is 7.28. The highest BCUT2D eigenvalue weighted by Gasteiger charge is 2.46. The standard InChI is InChI=1S/C16H29N3O2/c1-16(12-21-11-14(16)17)15(20)19-8-4-13(5-9-19)10-18-6-2-3-7-18/h13-14H,2-12,17H2,1H3. The fourth-order valence-electron chi connectivity index (χ4n) is 3.92. The number of amides is 1. The van der Waals surface area contributed by atoms with Crippen LogP contribution < -0.4 is 5.73 Å². The van der Waals surface area contributed by atoms with Gasteiger partial charge in [0.25, 0.3) is 0 Å². The zero-order chi connectivity index (χ0) is 14.9. The van der Waals surface area contributed by atoms with Gasteiger partial charge in [-0.15, -0.1) is 0 Å². The Morgan fingerprint density at radius 1 is 1.24 bits per heavy atom. The molecule has 0 bridgehead atoms. The van der Waals surface area contributed by atoms with Crippen molar-refractivity contribution in [2.45, 2.75) is 38.6 Å². The van der Waals surface area contributed by atoms with Crippen LogP contribution in [0.2, 0.25) is 0 Å². The number of ether oxygens (including phenoxy) is 1. The Balaban J connectivity index is 1.49. The van der Waals surface area contributed by atoms with Crippen molar-refractivity contribution in [1.82, 2.24) is 9.80 Å². The average molecular weight is 295 g/mol. The first-order valence-electron chi connectivity index (χ1n) is 8.44. The molecular weight excluding hydrogens is 266 g/mol. The van der Waals surface area contributed by atoms with Crippen LogP contribution in [0, 0.1) is 11.3 Å². The number of likely N-dealkylation sites (tertiary alicyclic amines) is 2. The van der Waals surface area contributed by atoms with Crippen LogP contribution in [0.3, 0.4) is 0 Å². The minimum absolute atomic E-state index is 0.160. The summed E-state index contributed by atoms with van der Waals surface area (Å²) in [4.78, 5) is 17.3. The molecule has 0 aromatic rings. The van der Waals surface area contributed by atoms with Crippen LogP contribution in [0.1, 0.15) is 32.6 Å². The highest BCUT2D eigenvalue weighted by atomic mass is 16.5. The minimum atomic E-state index is -0.512. The second-order valence-corrected chi connectivity index (χ2v) is 7.28. The maximum Gasteiger partial charge on any atom is 0.232 e. The molecule has 5 heteroatoms. The lowest BCUT2D eigenvalue weighted by molar-refractivity contribution is -0.143. The summed E-state index contributed by atoms with van der Waals surface area (Å²) >= 11 is 0. The van der Waals surface area contributed by atoms with Crippen LogP contribution in [0.15, 0.2) is 0 Å². The third kappa shape index (κ3) is 3.10. The number of hydrogen-bond donors (Lipinski definition) is 1. The molecule has 3 aliphatic heterocycles. The molecule has 3 saturated heterocycles. The summed E-state index contributed by atoms with van der Waals surface area (Å²) in [6, 6.07) is -0.160. The molecule has 2 unspecified atom stereocenters. The number of nitrogens with two attached hydrogens (primary N) is 1. The first-order chi connectivity index (χ1) is 10.1. The van der Waals surface area contributed by atoms with Gasteiger partial charge in [-0.1, -0.05) is 0 Å². The molecule has 0 aliphatic carbocycles. The van der Waals surface area contributed by atoms with Gasteiger partial charge in [0.1, 0.15) is 0 Å². The Morgan fingerprint density at radius 2 is 1.90 bits per heavy atom. The van der Waals surface area contributed by atoms with Crippen LogP contribution in [-0.2, 0) is 9.53 Å². The van der Waals surface area contributed by atoms with E-state index in [1.165, 1.54) is 32.5 Å². The van der Waals surface area contributed by atoms with E-state index in [0.29, 0.717) is 13.2 Å². The predicted octanol–water partition coefficient (Wildman–Crippen LogP) is 0.685. The van der Waals surface area contributed by atoms with Gasteiger partial charge in [0.2, 0.25) is 5.91 Å². The minimum Gasteiger partial charge on any atom is -0.379 e. The highest BCUT2D eigenvalue weighted by Crippen LogP contribution is 2.31. The Morgan fingerprint density at radius 3 is 2.48 bits per heavy atom. The van der Waals surface area contributed by atoms with Gasteiger partial charge >= 0.3 is 0 Å². The lowest BCUT2D eigenvalue weighted by Crippen LogP contribution is -2.53. The number of rotatable bonds is 3. The van der Waals surface area contributed by atoms with Crippen LogP contribution in [0.5, 0.6) is 0 Å². The number of carbonyl (C=O) groups excluding carboxylic acids is 1. The van der Waals surface area contributed by atoms with E-state index in [0.717, 1.165) is 31.8 Å². The Kier molecular flexibility index (Phi) is 4.52. The molecule has 0 spiro atoms. The number of piperidine rings is 1. The molecule has 120 valence electrons. The van der Waals surface area contributed by atoms with Crippen molar-refractivity contribution in [3.8, 4) is 0 Å². The molecule has 0 saturated carbocycles. The monoisotopic (exact) mass is 295 g/mol. The van der Waals surface area contributed by atoms with Gasteiger partial charge in [-0.3, -0.25) is 4.79 Å². The van der Waals surface area contributed by atoms with Crippen LogP contribution in [0.25, 0.3) is 0 Å². The lowest BCUT2D eigenvalue weighted by Gasteiger charge is -2.38. The SMILES string of the molecule is CC1(C(=O)N2CCC(CN3CCCC3)CC2)COCC1N. The van der Waals surface area contributed by atoms with Gasteiger partial charge in [-0.25, -0.2) is 0 Å². The number of carbonyl (C=O) groups is 1. The maximum atomic E-state index is 12.7. The average Bonchev–Trinajstić information content (AvgIpc) is 3.11. The summed E-state index contributed by atoms with van der Waals surface area (Å²) in [5, 5.41) is 0. The molecule has 1 amide bonds. The van der Waals surface area contributed by atoms with Crippen LogP contribution in [0.4, 0.5) is 0 Å². The number of hydrogen-bond acceptors (Lipinski definition) is 4. The van der Waals surface area contributed by atoms with E-state index in [2.05, 4.69) is 4.90 Å². The van der Waals surface area contributed by atoms with Gasteiger partial charge in [0.15, 0.2) is 0 Å². The molecule has 0 aromatic heterocycles. The molecule has 2 atom stereocenters. The maximum absolute atomic E-state index is 12.7. The van der Waals surface area contributed by atoms with Crippen molar-refractivity contribution in [2.24, 2.45) is 17.1 Å². The molecule has 3 rings (SSSR count). The summed E-state index contributed by atoms with van der Waals surface area (Å²) in [6.45, 7) is 8.48. The van der Waals surface area contributed by atoms with Gasteiger partial charge in [-0.05, 0) is 51.6 Å². The molecule has 3 aliphatic rings. The predicted molar refractivity (Wildman–Crippen MR) is 81.9 cm³/mol. The molecule has 0 radical (unpaired) electrons. The first kappa shape index (κ1) is 15.3. The zero-order valence-corrected chi connectivity index (χ0v) is 13.2. The van der Waals surface area contributed by atoms with Crippen molar-refractivity contribution in [2.75, 3.05) is 45.9 Å².